The molecule has 0 bridgehead atoms. The van der Waals surface area contributed by atoms with Crippen molar-refractivity contribution in [2.45, 2.75) is 38.3 Å². The summed E-state index contributed by atoms with van der Waals surface area (Å²) in [5.74, 6) is -0.173. The summed E-state index contributed by atoms with van der Waals surface area (Å²) in [5, 5.41) is 3.21. The molecule has 2 rings (SSSR count). The van der Waals surface area contributed by atoms with Gasteiger partial charge in [0.05, 0.1) is 12.7 Å². The van der Waals surface area contributed by atoms with E-state index in [0.29, 0.717) is 24.8 Å². The Morgan fingerprint density at radius 2 is 2.11 bits per heavy atom. The van der Waals surface area contributed by atoms with Gasteiger partial charge in [-0.25, -0.2) is 4.39 Å². The Balaban J connectivity index is 1.62. The minimum atomic E-state index is -0.173. The lowest BCUT2D eigenvalue weighted by Crippen LogP contribution is -2.22. The zero-order chi connectivity index (χ0) is 12.8. The number of halogens is 2. The maximum absolute atomic E-state index is 13.5. The molecule has 1 aliphatic rings. The minimum absolute atomic E-state index is 0.173. The molecule has 1 fully saturated rings. The standard InChI is InChI=1S/C14H19BrFNO/c15-12-6-5-11(14(16)9-12)10-17-7-8-18-13-3-1-2-4-13/h5-6,9,13,17H,1-4,7-8,10H2. The normalized spacial score (nSPS) is 16.3. The summed E-state index contributed by atoms with van der Waals surface area (Å²) in [6.45, 7) is 2.03. The van der Waals surface area contributed by atoms with Crippen LogP contribution in [-0.2, 0) is 11.3 Å². The van der Waals surface area contributed by atoms with E-state index in [9.17, 15) is 4.39 Å². The smallest absolute Gasteiger partial charge is 0.128 e. The molecule has 2 nitrogen and oxygen atoms in total. The summed E-state index contributed by atoms with van der Waals surface area (Å²) in [4.78, 5) is 0. The van der Waals surface area contributed by atoms with Gasteiger partial charge < -0.3 is 10.1 Å². The molecule has 0 saturated heterocycles. The first-order valence-corrected chi connectivity index (χ1v) is 7.31. The highest BCUT2D eigenvalue weighted by atomic mass is 79.9. The molecule has 100 valence electrons. The molecule has 0 atom stereocenters. The fourth-order valence-electron chi connectivity index (χ4n) is 2.24. The van der Waals surface area contributed by atoms with Crippen molar-refractivity contribution < 1.29 is 9.13 Å². The van der Waals surface area contributed by atoms with Crippen LogP contribution < -0.4 is 5.32 Å². The summed E-state index contributed by atoms with van der Waals surface area (Å²) < 4.78 is 20.0. The zero-order valence-corrected chi connectivity index (χ0v) is 12.0. The first-order valence-electron chi connectivity index (χ1n) is 6.52. The van der Waals surface area contributed by atoms with Crippen LogP contribution in [0.3, 0.4) is 0 Å². The number of hydrogen-bond acceptors (Lipinski definition) is 2. The van der Waals surface area contributed by atoms with Crippen molar-refractivity contribution in [3.8, 4) is 0 Å². The van der Waals surface area contributed by atoms with E-state index < -0.39 is 0 Å². The Labute approximate surface area is 116 Å². The Morgan fingerprint density at radius 3 is 2.83 bits per heavy atom. The fraction of sp³-hybridized carbons (Fsp3) is 0.571. The Morgan fingerprint density at radius 1 is 1.33 bits per heavy atom. The lowest BCUT2D eigenvalue weighted by Gasteiger charge is -2.11. The molecule has 0 radical (unpaired) electrons. The van der Waals surface area contributed by atoms with Crippen LogP contribution in [0.5, 0.6) is 0 Å². The van der Waals surface area contributed by atoms with Crippen molar-refractivity contribution >= 4 is 15.9 Å². The predicted octanol–water partition coefficient (Wildman–Crippen LogP) is 3.64. The number of ether oxygens (including phenoxy) is 1. The first-order chi connectivity index (χ1) is 8.75. The molecule has 0 aliphatic heterocycles. The predicted molar refractivity (Wildman–Crippen MR) is 74.0 cm³/mol. The summed E-state index contributed by atoms with van der Waals surface area (Å²) in [5.41, 5.74) is 0.694. The molecule has 1 aromatic rings. The van der Waals surface area contributed by atoms with E-state index in [1.54, 1.807) is 6.07 Å². The van der Waals surface area contributed by atoms with E-state index in [1.165, 1.54) is 31.7 Å². The van der Waals surface area contributed by atoms with E-state index >= 15 is 0 Å². The van der Waals surface area contributed by atoms with Gasteiger partial charge in [-0.1, -0.05) is 34.8 Å². The summed E-state index contributed by atoms with van der Waals surface area (Å²) in [6.07, 6.45) is 5.43. The van der Waals surface area contributed by atoms with Crippen LogP contribution in [-0.4, -0.2) is 19.3 Å². The van der Waals surface area contributed by atoms with Crippen molar-refractivity contribution in [2.75, 3.05) is 13.2 Å². The van der Waals surface area contributed by atoms with E-state index in [-0.39, 0.29) is 5.82 Å². The van der Waals surface area contributed by atoms with Gasteiger partial charge in [0.2, 0.25) is 0 Å². The highest BCUT2D eigenvalue weighted by Crippen LogP contribution is 2.20. The number of benzene rings is 1. The second-order valence-electron chi connectivity index (χ2n) is 4.69. The third-order valence-corrected chi connectivity index (χ3v) is 3.76. The number of hydrogen-bond donors (Lipinski definition) is 1. The van der Waals surface area contributed by atoms with E-state index in [0.717, 1.165) is 11.0 Å². The average molecular weight is 316 g/mol. The van der Waals surface area contributed by atoms with Crippen LogP contribution in [0.15, 0.2) is 22.7 Å². The maximum atomic E-state index is 13.5. The van der Waals surface area contributed by atoms with E-state index in [2.05, 4.69) is 21.2 Å². The second kappa shape index (κ2) is 7.22. The third kappa shape index (κ3) is 4.34. The highest BCUT2D eigenvalue weighted by Gasteiger charge is 2.14. The molecule has 18 heavy (non-hydrogen) atoms. The molecular formula is C14H19BrFNO. The maximum Gasteiger partial charge on any atom is 0.128 e. The molecule has 1 N–H and O–H groups in total. The van der Waals surface area contributed by atoms with E-state index in [4.69, 9.17) is 4.74 Å². The number of nitrogens with one attached hydrogen (secondary N) is 1. The van der Waals surface area contributed by atoms with Gasteiger partial charge in [-0.2, -0.15) is 0 Å². The summed E-state index contributed by atoms with van der Waals surface area (Å²) in [7, 11) is 0. The topological polar surface area (TPSA) is 21.3 Å². The van der Waals surface area contributed by atoms with E-state index in [1.807, 2.05) is 6.07 Å². The molecule has 4 heteroatoms. The second-order valence-corrected chi connectivity index (χ2v) is 5.61. The van der Waals surface area contributed by atoms with Gasteiger partial charge in [-0.15, -0.1) is 0 Å². The molecule has 0 aromatic heterocycles. The molecule has 1 aliphatic carbocycles. The van der Waals surface area contributed by atoms with Gasteiger partial charge in [-0.3, -0.25) is 0 Å². The molecule has 0 unspecified atom stereocenters. The van der Waals surface area contributed by atoms with Gasteiger partial charge in [0.25, 0.3) is 0 Å². The van der Waals surface area contributed by atoms with Crippen LogP contribution in [0, 0.1) is 5.82 Å². The highest BCUT2D eigenvalue weighted by molar-refractivity contribution is 9.10. The first kappa shape index (κ1) is 14.0. The van der Waals surface area contributed by atoms with Crippen molar-refractivity contribution in [1.29, 1.82) is 0 Å². The molecular weight excluding hydrogens is 297 g/mol. The quantitative estimate of drug-likeness (QED) is 0.809. The van der Waals surface area contributed by atoms with Gasteiger partial charge in [-0.05, 0) is 25.0 Å². The largest absolute Gasteiger partial charge is 0.377 e. The zero-order valence-electron chi connectivity index (χ0n) is 10.4. The monoisotopic (exact) mass is 315 g/mol. The molecule has 0 heterocycles. The van der Waals surface area contributed by atoms with Crippen LogP contribution >= 0.6 is 15.9 Å². The van der Waals surface area contributed by atoms with Gasteiger partial charge in [0, 0.05) is 23.1 Å². The molecule has 0 amide bonds. The van der Waals surface area contributed by atoms with Crippen LogP contribution in [0.4, 0.5) is 4.39 Å². The molecule has 1 aromatic carbocycles. The van der Waals surface area contributed by atoms with Crippen molar-refractivity contribution in [1.82, 2.24) is 5.32 Å². The SMILES string of the molecule is Fc1cc(Br)ccc1CNCCOC1CCCC1. The van der Waals surface area contributed by atoms with Crippen molar-refractivity contribution in [3.05, 3.63) is 34.1 Å². The van der Waals surface area contributed by atoms with Crippen LogP contribution in [0.2, 0.25) is 0 Å². The number of rotatable bonds is 6. The Kier molecular flexibility index (Phi) is 5.60. The Hall–Kier alpha value is -0.450. The lowest BCUT2D eigenvalue weighted by molar-refractivity contribution is 0.0602. The third-order valence-electron chi connectivity index (χ3n) is 3.27. The van der Waals surface area contributed by atoms with Crippen LogP contribution in [0.1, 0.15) is 31.2 Å². The van der Waals surface area contributed by atoms with Crippen molar-refractivity contribution in [2.24, 2.45) is 0 Å². The average Bonchev–Trinajstić information content (AvgIpc) is 2.84. The molecule has 1 saturated carbocycles. The minimum Gasteiger partial charge on any atom is -0.377 e. The van der Waals surface area contributed by atoms with Gasteiger partial charge in [0.15, 0.2) is 0 Å². The van der Waals surface area contributed by atoms with Gasteiger partial charge in [0.1, 0.15) is 5.82 Å². The lowest BCUT2D eigenvalue weighted by atomic mass is 10.2. The van der Waals surface area contributed by atoms with Crippen LogP contribution in [0.25, 0.3) is 0 Å². The summed E-state index contributed by atoms with van der Waals surface area (Å²) >= 11 is 3.25. The van der Waals surface area contributed by atoms with Gasteiger partial charge >= 0.3 is 0 Å². The Bertz CT molecular complexity index is 380. The summed E-state index contributed by atoms with van der Waals surface area (Å²) in [6, 6.07) is 5.14. The fourth-order valence-corrected chi connectivity index (χ4v) is 2.57. The molecule has 0 spiro atoms. The van der Waals surface area contributed by atoms with Crippen molar-refractivity contribution in [3.63, 3.8) is 0 Å².